The van der Waals surface area contributed by atoms with Crippen LogP contribution in [0.2, 0.25) is 0 Å². The van der Waals surface area contributed by atoms with Crippen molar-refractivity contribution in [2.24, 2.45) is 5.41 Å². The van der Waals surface area contributed by atoms with Crippen molar-refractivity contribution >= 4 is 0 Å². The van der Waals surface area contributed by atoms with Gasteiger partial charge in [-0.05, 0) is 34.1 Å². The van der Waals surface area contributed by atoms with Crippen LogP contribution < -0.4 is 0 Å². The zero-order valence-electron chi connectivity index (χ0n) is 11.3. The van der Waals surface area contributed by atoms with Gasteiger partial charge in [-0.2, -0.15) is 0 Å². The number of methoxy groups -OCH3 is 1. The summed E-state index contributed by atoms with van der Waals surface area (Å²) in [5.74, 6) is -0.548. The largest absolute Gasteiger partial charge is 0.353 e. The van der Waals surface area contributed by atoms with Gasteiger partial charge in [-0.1, -0.05) is 25.5 Å². The topological polar surface area (TPSA) is 18.5 Å². The van der Waals surface area contributed by atoms with Crippen molar-refractivity contribution in [3.05, 3.63) is 11.6 Å². The first-order chi connectivity index (χ1) is 6.85. The molecule has 0 aliphatic heterocycles. The van der Waals surface area contributed by atoms with Crippen LogP contribution in [0.25, 0.3) is 0 Å². The fraction of sp³-hybridized carbons (Fsp3) is 0.846. The lowest BCUT2D eigenvalue weighted by molar-refractivity contribution is -0.259. The van der Waals surface area contributed by atoms with Gasteiger partial charge < -0.3 is 9.47 Å². The zero-order chi connectivity index (χ0) is 12.1. The van der Waals surface area contributed by atoms with E-state index in [2.05, 4.69) is 33.8 Å². The van der Waals surface area contributed by atoms with Gasteiger partial charge >= 0.3 is 0 Å². The van der Waals surface area contributed by atoms with Crippen LogP contribution in [0.4, 0.5) is 0 Å². The lowest BCUT2D eigenvalue weighted by Crippen LogP contribution is -2.46. The van der Waals surface area contributed by atoms with E-state index in [1.165, 1.54) is 5.57 Å². The van der Waals surface area contributed by atoms with Crippen LogP contribution in [0.3, 0.4) is 0 Å². The molecule has 0 spiro atoms. The van der Waals surface area contributed by atoms with E-state index >= 15 is 0 Å². The van der Waals surface area contributed by atoms with Crippen LogP contribution in [-0.4, -0.2) is 19.5 Å². The molecule has 2 atom stereocenters. The van der Waals surface area contributed by atoms with Crippen molar-refractivity contribution in [2.75, 3.05) is 13.7 Å². The first-order valence-corrected chi connectivity index (χ1v) is 5.70. The summed E-state index contributed by atoms with van der Waals surface area (Å²) < 4.78 is 11.3. The molecule has 2 unspecified atom stereocenters. The fourth-order valence-corrected chi connectivity index (χ4v) is 1.92. The third-order valence-electron chi connectivity index (χ3n) is 3.19. The number of hydrogen-bond donors (Lipinski definition) is 0. The van der Waals surface area contributed by atoms with Crippen LogP contribution in [0.1, 0.15) is 48.0 Å². The van der Waals surface area contributed by atoms with E-state index < -0.39 is 5.79 Å². The van der Waals surface area contributed by atoms with Crippen molar-refractivity contribution in [2.45, 2.75) is 53.8 Å². The summed E-state index contributed by atoms with van der Waals surface area (Å²) in [6, 6.07) is 0. The maximum absolute atomic E-state index is 5.77. The van der Waals surface area contributed by atoms with Crippen LogP contribution in [0.15, 0.2) is 11.6 Å². The van der Waals surface area contributed by atoms with Crippen LogP contribution in [0.5, 0.6) is 0 Å². The molecule has 0 N–H and O–H groups in total. The van der Waals surface area contributed by atoms with E-state index in [-0.39, 0.29) is 5.41 Å². The Morgan fingerprint density at radius 3 is 2.00 bits per heavy atom. The molecule has 0 bridgehead atoms. The van der Waals surface area contributed by atoms with E-state index in [1.807, 2.05) is 13.8 Å². The molecule has 0 aliphatic rings. The normalized spacial score (nSPS) is 19.1. The average molecular weight is 214 g/mol. The minimum absolute atomic E-state index is 0.0867. The van der Waals surface area contributed by atoms with Gasteiger partial charge in [0, 0.05) is 19.1 Å². The Bertz CT molecular complexity index is 219. The summed E-state index contributed by atoms with van der Waals surface area (Å²) in [6.45, 7) is 13.2. The van der Waals surface area contributed by atoms with Crippen molar-refractivity contribution in [1.29, 1.82) is 0 Å². The molecular formula is C13H26O2. The highest BCUT2D eigenvalue weighted by Gasteiger charge is 2.43. The summed E-state index contributed by atoms with van der Waals surface area (Å²) in [7, 11) is 1.71. The molecule has 0 aromatic heterocycles. The van der Waals surface area contributed by atoms with Gasteiger partial charge in [-0.25, -0.2) is 0 Å². The molecule has 0 fully saturated rings. The Balaban J connectivity index is 5.12. The summed E-state index contributed by atoms with van der Waals surface area (Å²) in [6.07, 6.45) is 3.23. The molecule has 15 heavy (non-hydrogen) atoms. The molecule has 2 nitrogen and oxygen atoms in total. The smallest absolute Gasteiger partial charge is 0.173 e. The van der Waals surface area contributed by atoms with E-state index in [4.69, 9.17) is 9.47 Å². The van der Waals surface area contributed by atoms with E-state index in [0.29, 0.717) is 6.61 Å². The highest BCUT2D eigenvalue weighted by Crippen LogP contribution is 2.40. The molecule has 2 heteroatoms. The van der Waals surface area contributed by atoms with Crippen LogP contribution in [-0.2, 0) is 9.47 Å². The molecule has 0 aromatic rings. The second-order valence-corrected chi connectivity index (χ2v) is 4.58. The van der Waals surface area contributed by atoms with E-state index in [9.17, 15) is 0 Å². The third-order valence-corrected chi connectivity index (χ3v) is 3.19. The quantitative estimate of drug-likeness (QED) is 0.495. The van der Waals surface area contributed by atoms with Gasteiger partial charge in [-0.15, -0.1) is 0 Å². The van der Waals surface area contributed by atoms with Gasteiger partial charge in [0.25, 0.3) is 0 Å². The highest BCUT2D eigenvalue weighted by molar-refractivity contribution is 5.08. The molecule has 0 saturated carbocycles. The van der Waals surface area contributed by atoms with Crippen LogP contribution in [0, 0.1) is 5.41 Å². The van der Waals surface area contributed by atoms with Gasteiger partial charge in [0.2, 0.25) is 0 Å². The molecule has 0 saturated heterocycles. The molecule has 0 heterocycles. The lowest BCUT2D eigenvalue weighted by Gasteiger charge is -2.43. The van der Waals surface area contributed by atoms with E-state index in [0.717, 1.165) is 6.42 Å². The second-order valence-electron chi connectivity index (χ2n) is 4.58. The minimum Gasteiger partial charge on any atom is -0.353 e. The maximum atomic E-state index is 5.77. The fourth-order valence-electron chi connectivity index (χ4n) is 1.92. The lowest BCUT2D eigenvalue weighted by atomic mass is 9.78. The number of allylic oxidation sites excluding steroid dienone is 1. The van der Waals surface area contributed by atoms with Gasteiger partial charge in [-0.3, -0.25) is 0 Å². The maximum Gasteiger partial charge on any atom is 0.173 e. The highest BCUT2D eigenvalue weighted by atomic mass is 16.7. The Kier molecular flexibility index (Phi) is 5.54. The van der Waals surface area contributed by atoms with Gasteiger partial charge in [0.05, 0.1) is 0 Å². The molecule has 90 valence electrons. The van der Waals surface area contributed by atoms with Crippen molar-refractivity contribution < 1.29 is 9.47 Å². The minimum atomic E-state index is -0.548. The Morgan fingerprint density at radius 1 is 1.20 bits per heavy atom. The summed E-state index contributed by atoms with van der Waals surface area (Å²) in [5.41, 5.74) is 1.21. The predicted molar refractivity (Wildman–Crippen MR) is 64.9 cm³/mol. The molecule has 0 aromatic carbocycles. The molecule has 0 rings (SSSR count). The molecule has 0 amide bonds. The summed E-state index contributed by atoms with van der Waals surface area (Å²) >= 11 is 0. The van der Waals surface area contributed by atoms with Gasteiger partial charge in [0.1, 0.15) is 0 Å². The van der Waals surface area contributed by atoms with Gasteiger partial charge in [0.15, 0.2) is 5.79 Å². The van der Waals surface area contributed by atoms with Crippen molar-refractivity contribution in [3.63, 3.8) is 0 Å². The summed E-state index contributed by atoms with van der Waals surface area (Å²) in [4.78, 5) is 0. The average Bonchev–Trinajstić information content (AvgIpc) is 2.16. The predicted octanol–water partition coefficient (Wildman–Crippen LogP) is 3.77. The molecular weight excluding hydrogens is 188 g/mol. The molecule has 0 aliphatic carbocycles. The third kappa shape index (κ3) is 3.32. The Hall–Kier alpha value is -0.340. The first kappa shape index (κ1) is 14.7. The van der Waals surface area contributed by atoms with Crippen molar-refractivity contribution in [3.8, 4) is 0 Å². The van der Waals surface area contributed by atoms with Crippen LogP contribution >= 0.6 is 0 Å². The summed E-state index contributed by atoms with van der Waals surface area (Å²) in [5, 5.41) is 0. The Labute approximate surface area is 94.7 Å². The number of hydrogen-bond acceptors (Lipinski definition) is 2. The Morgan fingerprint density at radius 2 is 1.73 bits per heavy atom. The monoisotopic (exact) mass is 214 g/mol. The SMILES string of the molecule is CCOC(C)(OC)C(C)(C=C(C)C)CC. The van der Waals surface area contributed by atoms with Crippen molar-refractivity contribution in [1.82, 2.24) is 0 Å². The molecule has 0 radical (unpaired) electrons. The zero-order valence-corrected chi connectivity index (χ0v) is 11.3. The number of ether oxygens (including phenoxy) is 2. The standard InChI is InChI=1S/C13H26O2/c1-8-12(5,10-11(3)4)13(6,14-7)15-9-2/h10H,8-9H2,1-7H3. The first-order valence-electron chi connectivity index (χ1n) is 5.70. The second kappa shape index (κ2) is 5.66. The van der Waals surface area contributed by atoms with E-state index in [1.54, 1.807) is 7.11 Å². The number of rotatable bonds is 6.